The fraction of sp³-hybridized carbons (Fsp3) is 0.615. The van der Waals surface area contributed by atoms with Crippen LogP contribution in [0.5, 0.6) is 0 Å². The molecule has 6 heteroatoms. The van der Waals surface area contributed by atoms with Crippen molar-refractivity contribution in [2.75, 3.05) is 7.05 Å². The molecule has 19 heavy (non-hydrogen) atoms. The summed E-state index contributed by atoms with van der Waals surface area (Å²) in [6.07, 6.45) is 0. The molecule has 104 valence electrons. The lowest BCUT2D eigenvalue weighted by Gasteiger charge is -2.13. The smallest absolute Gasteiger partial charge is 0.230 e. The third kappa shape index (κ3) is 3.20. The van der Waals surface area contributed by atoms with Gasteiger partial charge in [0.05, 0.1) is 12.2 Å². The van der Waals surface area contributed by atoms with Crippen LogP contribution in [0, 0.1) is 13.8 Å². The van der Waals surface area contributed by atoms with Crippen molar-refractivity contribution < 1.29 is 8.94 Å². The van der Waals surface area contributed by atoms with Crippen molar-refractivity contribution in [1.29, 1.82) is 0 Å². The van der Waals surface area contributed by atoms with E-state index in [0.717, 1.165) is 23.6 Å². The highest BCUT2D eigenvalue weighted by Crippen LogP contribution is 2.16. The molecule has 0 radical (unpaired) electrons. The lowest BCUT2D eigenvalue weighted by Crippen LogP contribution is -2.18. The summed E-state index contributed by atoms with van der Waals surface area (Å²) in [4.78, 5) is 2.10. The van der Waals surface area contributed by atoms with E-state index in [0.29, 0.717) is 18.3 Å². The molecule has 0 spiro atoms. The van der Waals surface area contributed by atoms with Crippen LogP contribution in [0.2, 0.25) is 0 Å². The van der Waals surface area contributed by atoms with E-state index in [-0.39, 0.29) is 5.92 Å². The van der Waals surface area contributed by atoms with Gasteiger partial charge in [-0.15, -0.1) is 10.2 Å². The van der Waals surface area contributed by atoms with E-state index < -0.39 is 0 Å². The maximum Gasteiger partial charge on any atom is 0.230 e. The Bertz CT molecular complexity index is 525. The van der Waals surface area contributed by atoms with E-state index in [4.69, 9.17) is 8.94 Å². The van der Waals surface area contributed by atoms with Crippen LogP contribution < -0.4 is 0 Å². The molecule has 0 unspecified atom stereocenters. The standard InChI is InChI=1S/C13H20N4O2/c1-8(2)13-15-14-12(18-13)7-17(5)6-11-9(3)16-19-10(11)4/h8H,6-7H2,1-5H3. The minimum absolute atomic E-state index is 0.258. The number of nitrogens with zero attached hydrogens (tertiary/aromatic N) is 4. The Hall–Kier alpha value is -1.69. The molecule has 2 heterocycles. The minimum Gasteiger partial charge on any atom is -0.424 e. The summed E-state index contributed by atoms with van der Waals surface area (Å²) in [5, 5.41) is 12.0. The van der Waals surface area contributed by atoms with E-state index in [1.54, 1.807) is 0 Å². The number of hydrogen-bond acceptors (Lipinski definition) is 6. The number of rotatable bonds is 5. The fourth-order valence-corrected chi connectivity index (χ4v) is 1.85. The first-order valence-corrected chi connectivity index (χ1v) is 6.40. The van der Waals surface area contributed by atoms with Gasteiger partial charge in [0.15, 0.2) is 0 Å². The first kappa shape index (κ1) is 13.7. The highest BCUT2D eigenvalue weighted by Gasteiger charge is 2.15. The SMILES string of the molecule is Cc1noc(C)c1CN(C)Cc1nnc(C(C)C)o1. The monoisotopic (exact) mass is 264 g/mol. The molecule has 0 atom stereocenters. The van der Waals surface area contributed by atoms with Gasteiger partial charge >= 0.3 is 0 Å². The Morgan fingerprint density at radius 1 is 1.16 bits per heavy atom. The molecule has 2 rings (SSSR count). The Morgan fingerprint density at radius 3 is 2.42 bits per heavy atom. The zero-order valence-electron chi connectivity index (χ0n) is 12.1. The maximum absolute atomic E-state index is 5.59. The van der Waals surface area contributed by atoms with Gasteiger partial charge in [-0.3, -0.25) is 4.90 Å². The summed E-state index contributed by atoms with van der Waals surface area (Å²) in [6, 6.07) is 0. The van der Waals surface area contributed by atoms with Crippen LogP contribution in [-0.4, -0.2) is 27.3 Å². The van der Waals surface area contributed by atoms with Crippen molar-refractivity contribution in [2.45, 2.75) is 46.7 Å². The molecule has 0 saturated heterocycles. The van der Waals surface area contributed by atoms with E-state index >= 15 is 0 Å². The highest BCUT2D eigenvalue weighted by molar-refractivity contribution is 5.20. The van der Waals surface area contributed by atoms with Gasteiger partial charge in [0.25, 0.3) is 0 Å². The van der Waals surface area contributed by atoms with E-state index in [1.165, 1.54) is 0 Å². The first-order chi connectivity index (χ1) is 8.97. The zero-order chi connectivity index (χ0) is 14.0. The minimum atomic E-state index is 0.258. The van der Waals surface area contributed by atoms with Gasteiger partial charge < -0.3 is 8.94 Å². The molecule has 0 saturated carbocycles. The van der Waals surface area contributed by atoms with Crippen molar-refractivity contribution in [2.24, 2.45) is 0 Å². The van der Waals surface area contributed by atoms with Gasteiger partial charge in [-0.05, 0) is 20.9 Å². The van der Waals surface area contributed by atoms with Crippen molar-refractivity contribution in [1.82, 2.24) is 20.3 Å². The molecular weight excluding hydrogens is 244 g/mol. The second-order valence-electron chi connectivity index (χ2n) is 5.16. The predicted octanol–water partition coefficient (Wildman–Crippen LogP) is 2.43. The average molecular weight is 264 g/mol. The quantitative estimate of drug-likeness (QED) is 0.826. The molecule has 0 amide bonds. The lowest BCUT2D eigenvalue weighted by atomic mass is 10.2. The summed E-state index contributed by atoms with van der Waals surface area (Å²) < 4.78 is 10.7. The number of aryl methyl sites for hydroxylation is 2. The third-order valence-corrected chi connectivity index (χ3v) is 2.99. The largest absolute Gasteiger partial charge is 0.424 e. The van der Waals surface area contributed by atoms with Gasteiger partial charge in [0.1, 0.15) is 5.76 Å². The molecular formula is C13H20N4O2. The van der Waals surface area contributed by atoms with Crippen LogP contribution in [0.1, 0.15) is 48.6 Å². The topological polar surface area (TPSA) is 68.2 Å². The molecule has 0 N–H and O–H groups in total. The highest BCUT2D eigenvalue weighted by atomic mass is 16.5. The molecule has 0 aliphatic heterocycles. The van der Waals surface area contributed by atoms with Gasteiger partial charge in [-0.2, -0.15) is 0 Å². The molecule has 0 aromatic carbocycles. The van der Waals surface area contributed by atoms with Crippen molar-refractivity contribution in [3.05, 3.63) is 28.8 Å². The van der Waals surface area contributed by atoms with Crippen LogP contribution >= 0.6 is 0 Å². The normalized spacial score (nSPS) is 11.7. The van der Waals surface area contributed by atoms with Gasteiger partial charge in [-0.1, -0.05) is 19.0 Å². The van der Waals surface area contributed by atoms with Crippen molar-refractivity contribution in [3.8, 4) is 0 Å². The first-order valence-electron chi connectivity index (χ1n) is 6.40. The van der Waals surface area contributed by atoms with Gasteiger partial charge in [-0.25, -0.2) is 0 Å². The lowest BCUT2D eigenvalue weighted by molar-refractivity contribution is 0.273. The Morgan fingerprint density at radius 2 is 1.89 bits per heavy atom. The second-order valence-corrected chi connectivity index (χ2v) is 5.16. The Balaban J connectivity index is 1.99. The van der Waals surface area contributed by atoms with Crippen LogP contribution in [0.4, 0.5) is 0 Å². The molecule has 0 bridgehead atoms. The summed E-state index contributed by atoms with van der Waals surface area (Å²) in [5.41, 5.74) is 2.05. The fourth-order valence-electron chi connectivity index (χ4n) is 1.85. The predicted molar refractivity (Wildman–Crippen MR) is 69.5 cm³/mol. The maximum atomic E-state index is 5.59. The third-order valence-electron chi connectivity index (χ3n) is 2.99. The average Bonchev–Trinajstić information content (AvgIpc) is 2.91. The van der Waals surface area contributed by atoms with E-state index in [1.807, 2.05) is 34.7 Å². The van der Waals surface area contributed by atoms with Crippen LogP contribution in [0.15, 0.2) is 8.94 Å². The van der Waals surface area contributed by atoms with E-state index in [9.17, 15) is 0 Å². The van der Waals surface area contributed by atoms with Crippen molar-refractivity contribution >= 4 is 0 Å². The van der Waals surface area contributed by atoms with Crippen molar-refractivity contribution in [3.63, 3.8) is 0 Å². The summed E-state index contributed by atoms with van der Waals surface area (Å²) >= 11 is 0. The molecule has 6 nitrogen and oxygen atoms in total. The summed E-state index contributed by atoms with van der Waals surface area (Å²) in [7, 11) is 2.01. The Labute approximate surface area is 112 Å². The number of aromatic nitrogens is 3. The van der Waals surface area contributed by atoms with Crippen LogP contribution in [0.25, 0.3) is 0 Å². The van der Waals surface area contributed by atoms with Crippen LogP contribution in [-0.2, 0) is 13.1 Å². The molecule has 0 aliphatic carbocycles. The summed E-state index contributed by atoms with van der Waals surface area (Å²) in [6.45, 7) is 9.30. The van der Waals surface area contributed by atoms with E-state index in [2.05, 4.69) is 20.3 Å². The van der Waals surface area contributed by atoms with Gasteiger partial charge in [0.2, 0.25) is 11.8 Å². The zero-order valence-corrected chi connectivity index (χ0v) is 12.1. The molecule has 0 fully saturated rings. The molecule has 0 aliphatic rings. The van der Waals surface area contributed by atoms with Crippen LogP contribution in [0.3, 0.4) is 0 Å². The number of hydrogen-bond donors (Lipinski definition) is 0. The summed E-state index contributed by atoms with van der Waals surface area (Å²) in [5.74, 6) is 2.44. The molecule has 2 aromatic rings. The van der Waals surface area contributed by atoms with Gasteiger partial charge in [0, 0.05) is 18.0 Å². The second kappa shape index (κ2) is 5.52. The molecule has 2 aromatic heterocycles. The Kier molecular flexibility index (Phi) is 3.99.